The lowest BCUT2D eigenvalue weighted by atomic mass is 9.86. The molecule has 0 radical (unpaired) electrons. The topological polar surface area (TPSA) is 68.0 Å². The van der Waals surface area contributed by atoms with Crippen molar-refractivity contribution < 1.29 is 4.79 Å². The number of rotatable bonds is 4. The fourth-order valence-corrected chi connectivity index (χ4v) is 2.66. The van der Waals surface area contributed by atoms with Crippen LogP contribution < -0.4 is 11.1 Å². The standard InChI is InChI=1S/C15H23N3O/c1-2-11-6-7-14(17-10-11)15(19)18-13-5-3-4-12(8-13)9-16/h6-7,10,12-13H,2-5,8-9,16H2,1H3,(H,18,19). The summed E-state index contributed by atoms with van der Waals surface area (Å²) in [5.74, 6) is 0.486. The molecule has 1 amide bonds. The minimum atomic E-state index is -0.0645. The predicted octanol–water partition coefficient (Wildman–Crippen LogP) is 1.89. The SMILES string of the molecule is CCc1ccc(C(=O)NC2CCCC(CN)C2)nc1. The highest BCUT2D eigenvalue weighted by Gasteiger charge is 2.22. The zero-order chi connectivity index (χ0) is 13.7. The maximum absolute atomic E-state index is 12.1. The molecule has 0 bridgehead atoms. The Morgan fingerprint density at radius 2 is 2.32 bits per heavy atom. The summed E-state index contributed by atoms with van der Waals surface area (Å²) in [4.78, 5) is 16.3. The van der Waals surface area contributed by atoms with Crippen molar-refractivity contribution >= 4 is 5.91 Å². The molecule has 0 aliphatic heterocycles. The second-order valence-electron chi connectivity index (χ2n) is 5.34. The van der Waals surface area contributed by atoms with Gasteiger partial charge in [0.15, 0.2) is 0 Å². The third-order valence-corrected chi connectivity index (χ3v) is 3.92. The van der Waals surface area contributed by atoms with Crippen LogP contribution in [-0.4, -0.2) is 23.5 Å². The van der Waals surface area contributed by atoms with E-state index in [0.717, 1.165) is 37.8 Å². The smallest absolute Gasteiger partial charge is 0.270 e. The molecule has 1 aliphatic rings. The van der Waals surface area contributed by atoms with E-state index < -0.39 is 0 Å². The molecule has 2 rings (SSSR count). The van der Waals surface area contributed by atoms with Gasteiger partial charge in [0.1, 0.15) is 5.69 Å². The van der Waals surface area contributed by atoms with Gasteiger partial charge in [0.2, 0.25) is 0 Å². The molecule has 19 heavy (non-hydrogen) atoms. The molecule has 4 nitrogen and oxygen atoms in total. The third-order valence-electron chi connectivity index (χ3n) is 3.92. The normalized spacial score (nSPS) is 23.1. The van der Waals surface area contributed by atoms with E-state index >= 15 is 0 Å². The Morgan fingerprint density at radius 3 is 2.95 bits per heavy atom. The second-order valence-corrected chi connectivity index (χ2v) is 5.34. The maximum Gasteiger partial charge on any atom is 0.270 e. The molecular formula is C15H23N3O. The molecule has 1 fully saturated rings. The number of aryl methyl sites for hydroxylation is 1. The number of hydrogen-bond donors (Lipinski definition) is 2. The molecule has 0 saturated heterocycles. The maximum atomic E-state index is 12.1. The van der Waals surface area contributed by atoms with E-state index in [-0.39, 0.29) is 11.9 Å². The molecular weight excluding hydrogens is 238 g/mol. The third kappa shape index (κ3) is 3.77. The minimum absolute atomic E-state index is 0.0645. The summed E-state index contributed by atoms with van der Waals surface area (Å²) in [5.41, 5.74) is 7.37. The van der Waals surface area contributed by atoms with Gasteiger partial charge in [0.25, 0.3) is 5.91 Å². The van der Waals surface area contributed by atoms with Crippen molar-refractivity contribution in [3.8, 4) is 0 Å². The van der Waals surface area contributed by atoms with Gasteiger partial charge in [-0.05, 0) is 49.8 Å². The van der Waals surface area contributed by atoms with E-state index in [4.69, 9.17) is 5.73 Å². The van der Waals surface area contributed by atoms with E-state index in [9.17, 15) is 4.79 Å². The summed E-state index contributed by atoms with van der Waals surface area (Å²) in [6.07, 6.45) is 7.10. The largest absolute Gasteiger partial charge is 0.348 e. The number of carbonyl (C=O) groups excluding carboxylic acids is 1. The minimum Gasteiger partial charge on any atom is -0.348 e. The Kier molecular flexibility index (Phi) is 4.91. The van der Waals surface area contributed by atoms with E-state index in [2.05, 4.69) is 17.2 Å². The molecule has 1 heterocycles. The zero-order valence-corrected chi connectivity index (χ0v) is 11.6. The Morgan fingerprint density at radius 1 is 1.47 bits per heavy atom. The van der Waals surface area contributed by atoms with Gasteiger partial charge in [0.05, 0.1) is 0 Å². The zero-order valence-electron chi connectivity index (χ0n) is 11.6. The monoisotopic (exact) mass is 261 g/mol. The summed E-state index contributed by atoms with van der Waals surface area (Å²) >= 11 is 0. The van der Waals surface area contributed by atoms with Gasteiger partial charge in [-0.1, -0.05) is 19.4 Å². The van der Waals surface area contributed by atoms with Crippen LogP contribution in [0.3, 0.4) is 0 Å². The fourth-order valence-electron chi connectivity index (χ4n) is 2.66. The first-order valence-corrected chi connectivity index (χ1v) is 7.18. The first-order chi connectivity index (χ1) is 9.22. The van der Waals surface area contributed by atoms with Crippen LogP contribution in [0.25, 0.3) is 0 Å². The molecule has 1 aromatic rings. The fraction of sp³-hybridized carbons (Fsp3) is 0.600. The summed E-state index contributed by atoms with van der Waals surface area (Å²) < 4.78 is 0. The summed E-state index contributed by atoms with van der Waals surface area (Å²) in [6.45, 7) is 2.79. The number of hydrogen-bond acceptors (Lipinski definition) is 3. The van der Waals surface area contributed by atoms with Crippen LogP contribution in [0.1, 0.15) is 48.7 Å². The van der Waals surface area contributed by atoms with E-state index in [1.807, 2.05) is 6.07 Å². The van der Waals surface area contributed by atoms with Crippen LogP contribution in [0.2, 0.25) is 0 Å². The highest BCUT2D eigenvalue weighted by molar-refractivity contribution is 5.92. The number of nitrogens with two attached hydrogens (primary N) is 1. The van der Waals surface area contributed by atoms with Crippen molar-refractivity contribution in [1.29, 1.82) is 0 Å². The molecule has 0 aromatic carbocycles. The Labute approximate surface area is 114 Å². The van der Waals surface area contributed by atoms with Crippen molar-refractivity contribution in [3.05, 3.63) is 29.6 Å². The van der Waals surface area contributed by atoms with Crippen molar-refractivity contribution in [2.45, 2.75) is 45.1 Å². The van der Waals surface area contributed by atoms with Crippen LogP contribution >= 0.6 is 0 Å². The van der Waals surface area contributed by atoms with E-state index in [0.29, 0.717) is 11.6 Å². The number of pyridine rings is 1. The molecule has 0 spiro atoms. The molecule has 4 heteroatoms. The van der Waals surface area contributed by atoms with Crippen LogP contribution in [0, 0.1) is 5.92 Å². The number of aromatic nitrogens is 1. The van der Waals surface area contributed by atoms with Crippen LogP contribution in [0.15, 0.2) is 18.3 Å². The van der Waals surface area contributed by atoms with Gasteiger partial charge in [-0.15, -0.1) is 0 Å². The van der Waals surface area contributed by atoms with Crippen LogP contribution in [0.4, 0.5) is 0 Å². The van der Waals surface area contributed by atoms with Crippen molar-refractivity contribution in [1.82, 2.24) is 10.3 Å². The Bertz CT molecular complexity index is 416. The number of nitrogens with one attached hydrogen (secondary N) is 1. The summed E-state index contributed by atoms with van der Waals surface area (Å²) in [6, 6.07) is 4.02. The molecule has 3 N–H and O–H groups in total. The van der Waals surface area contributed by atoms with Gasteiger partial charge in [-0.3, -0.25) is 9.78 Å². The Hall–Kier alpha value is -1.42. The molecule has 1 aliphatic carbocycles. The van der Waals surface area contributed by atoms with Crippen LogP contribution in [-0.2, 0) is 6.42 Å². The van der Waals surface area contributed by atoms with Gasteiger partial charge in [-0.2, -0.15) is 0 Å². The molecule has 1 saturated carbocycles. The summed E-state index contributed by atoms with van der Waals surface area (Å²) in [5, 5.41) is 3.08. The Balaban J connectivity index is 1.92. The van der Waals surface area contributed by atoms with E-state index in [1.54, 1.807) is 12.3 Å². The van der Waals surface area contributed by atoms with Gasteiger partial charge < -0.3 is 11.1 Å². The van der Waals surface area contributed by atoms with E-state index in [1.165, 1.54) is 6.42 Å². The predicted molar refractivity (Wildman–Crippen MR) is 75.9 cm³/mol. The van der Waals surface area contributed by atoms with Crippen molar-refractivity contribution in [2.24, 2.45) is 11.7 Å². The quantitative estimate of drug-likeness (QED) is 0.869. The molecule has 1 aromatic heterocycles. The lowest BCUT2D eigenvalue weighted by Gasteiger charge is -2.28. The number of amides is 1. The lowest BCUT2D eigenvalue weighted by molar-refractivity contribution is 0.0915. The van der Waals surface area contributed by atoms with Crippen molar-refractivity contribution in [2.75, 3.05) is 6.54 Å². The van der Waals surface area contributed by atoms with Gasteiger partial charge in [-0.25, -0.2) is 0 Å². The highest BCUT2D eigenvalue weighted by Crippen LogP contribution is 2.23. The molecule has 2 atom stereocenters. The van der Waals surface area contributed by atoms with Gasteiger partial charge >= 0.3 is 0 Å². The molecule has 2 unspecified atom stereocenters. The first kappa shape index (κ1) is 14.0. The highest BCUT2D eigenvalue weighted by atomic mass is 16.1. The molecule has 104 valence electrons. The second kappa shape index (κ2) is 6.66. The number of nitrogens with zero attached hydrogens (tertiary/aromatic N) is 1. The first-order valence-electron chi connectivity index (χ1n) is 7.18. The average molecular weight is 261 g/mol. The van der Waals surface area contributed by atoms with Gasteiger partial charge in [0, 0.05) is 12.2 Å². The average Bonchev–Trinajstić information content (AvgIpc) is 2.47. The van der Waals surface area contributed by atoms with Crippen LogP contribution in [0.5, 0.6) is 0 Å². The number of carbonyl (C=O) groups is 1. The lowest BCUT2D eigenvalue weighted by Crippen LogP contribution is -2.40. The van der Waals surface area contributed by atoms with Crippen molar-refractivity contribution in [3.63, 3.8) is 0 Å². The summed E-state index contributed by atoms with van der Waals surface area (Å²) in [7, 11) is 0.